The van der Waals surface area contributed by atoms with E-state index in [9.17, 15) is 0 Å². The highest BCUT2D eigenvalue weighted by Gasteiger charge is 2.25. The Bertz CT molecular complexity index is 346. The maximum absolute atomic E-state index is 3.62. The van der Waals surface area contributed by atoms with E-state index >= 15 is 0 Å². The molecule has 16 heavy (non-hydrogen) atoms. The topological polar surface area (TPSA) is 15.3 Å². The maximum Gasteiger partial charge on any atom is 0.0429 e. The van der Waals surface area contributed by atoms with Crippen LogP contribution in [0.15, 0.2) is 24.3 Å². The molecule has 1 N–H and O–H groups in total. The lowest BCUT2D eigenvalue weighted by Crippen LogP contribution is -2.34. The van der Waals surface area contributed by atoms with Gasteiger partial charge in [-0.15, -0.1) is 0 Å². The standard InChI is InChI=1S/C14H20N2/c1-16(9-11-6-7-11)10-13-8-12-4-2-3-5-14(12)15-13/h2-5,11,13,15H,6-10H2,1H3. The van der Waals surface area contributed by atoms with E-state index in [0.29, 0.717) is 6.04 Å². The number of hydrogen-bond acceptors (Lipinski definition) is 2. The van der Waals surface area contributed by atoms with Crippen molar-refractivity contribution >= 4 is 5.69 Å². The van der Waals surface area contributed by atoms with Gasteiger partial charge >= 0.3 is 0 Å². The van der Waals surface area contributed by atoms with Crippen molar-refractivity contribution in [3.05, 3.63) is 29.8 Å². The van der Waals surface area contributed by atoms with Crippen molar-refractivity contribution in [2.24, 2.45) is 5.92 Å². The number of anilines is 1. The molecule has 0 bridgehead atoms. The fourth-order valence-electron chi connectivity index (χ4n) is 2.68. The van der Waals surface area contributed by atoms with Gasteiger partial charge in [0.2, 0.25) is 0 Å². The zero-order valence-corrected chi connectivity index (χ0v) is 9.95. The van der Waals surface area contributed by atoms with Gasteiger partial charge in [0.1, 0.15) is 0 Å². The fourth-order valence-corrected chi connectivity index (χ4v) is 2.68. The Morgan fingerprint density at radius 1 is 1.25 bits per heavy atom. The van der Waals surface area contributed by atoms with Crippen LogP contribution in [0.3, 0.4) is 0 Å². The van der Waals surface area contributed by atoms with Gasteiger partial charge in [-0.3, -0.25) is 0 Å². The fraction of sp³-hybridized carbons (Fsp3) is 0.571. The molecule has 0 spiro atoms. The molecule has 1 aliphatic heterocycles. The summed E-state index contributed by atoms with van der Waals surface area (Å²) in [6.07, 6.45) is 4.08. The number of para-hydroxylation sites is 1. The molecule has 0 radical (unpaired) electrons. The maximum atomic E-state index is 3.62. The van der Waals surface area contributed by atoms with Crippen LogP contribution in [0, 0.1) is 5.92 Å². The van der Waals surface area contributed by atoms with Crippen molar-refractivity contribution in [3.63, 3.8) is 0 Å². The van der Waals surface area contributed by atoms with Crippen molar-refractivity contribution < 1.29 is 0 Å². The third-order valence-electron chi connectivity index (χ3n) is 3.64. The van der Waals surface area contributed by atoms with E-state index in [4.69, 9.17) is 0 Å². The van der Waals surface area contributed by atoms with Gasteiger partial charge in [-0.1, -0.05) is 18.2 Å². The third kappa shape index (κ3) is 2.22. The Morgan fingerprint density at radius 2 is 2.06 bits per heavy atom. The SMILES string of the molecule is CN(CC1CC1)CC1Cc2ccccc2N1. The molecule has 0 saturated heterocycles. The van der Waals surface area contributed by atoms with Crippen LogP contribution in [0.25, 0.3) is 0 Å². The second kappa shape index (κ2) is 4.10. The first-order chi connectivity index (χ1) is 7.81. The number of benzene rings is 1. The summed E-state index contributed by atoms with van der Waals surface area (Å²) in [5.41, 5.74) is 2.82. The van der Waals surface area contributed by atoms with Gasteiger partial charge in [-0.05, 0) is 43.9 Å². The molecule has 1 unspecified atom stereocenters. The first-order valence-electron chi connectivity index (χ1n) is 6.34. The van der Waals surface area contributed by atoms with Crippen molar-refractivity contribution in [1.29, 1.82) is 0 Å². The van der Waals surface area contributed by atoms with Crippen molar-refractivity contribution in [1.82, 2.24) is 4.90 Å². The number of fused-ring (bicyclic) bond motifs is 1. The van der Waals surface area contributed by atoms with E-state index in [2.05, 4.69) is 41.5 Å². The Kier molecular flexibility index (Phi) is 2.60. The zero-order chi connectivity index (χ0) is 11.0. The van der Waals surface area contributed by atoms with Crippen LogP contribution in [0.4, 0.5) is 5.69 Å². The predicted octanol–water partition coefficient (Wildman–Crippen LogP) is 2.37. The van der Waals surface area contributed by atoms with E-state index in [1.807, 2.05) is 0 Å². The molecule has 1 aromatic rings. The van der Waals surface area contributed by atoms with Crippen LogP contribution in [0.2, 0.25) is 0 Å². The van der Waals surface area contributed by atoms with Gasteiger partial charge in [0.05, 0.1) is 0 Å². The highest BCUT2D eigenvalue weighted by Crippen LogP contribution is 2.30. The van der Waals surface area contributed by atoms with Gasteiger partial charge in [0.15, 0.2) is 0 Å². The summed E-state index contributed by atoms with van der Waals surface area (Å²) >= 11 is 0. The van der Waals surface area contributed by atoms with Gasteiger partial charge in [-0.25, -0.2) is 0 Å². The van der Waals surface area contributed by atoms with Crippen molar-refractivity contribution in [3.8, 4) is 0 Å². The first kappa shape index (κ1) is 10.2. The minimum Gasteiger partial charge on any atom is -0.380 e. The first-order valence-corrected chi connectivity index (χ1v) is 6.34. The molecule has 1 fully saturated rings. The normalized spacial score (nSPS) is 23.2. The summed E-state index contributed by atoms with van der Waals surface area (Å²) in [7, 11) is 2.25. The summed E-state index contributed by atoms with van der Waals surface area (Å²) in [6, 6.07) is 9.29. The molecule has 0 aromatic heterocycles. The molecule has 1 aliphatic carbocycles. The molecule has 2 nitrogen and oxygen atoms in total. The van der Waals surface area contributed by atoms with Crippen molar-refractivity contribution in [2.45, 2.75) is 25.3 Å². The van der Waals surface area contributed by atoms with Crippen LogP contribution in [0.1, 0.15) is 18.4 Å². The van der Waals surface area contributed by atoms with E-state index in [1.165, 1.54) is 43.6 Å². The molecule has 3 rings (SSSR count). The summed E-state index contributed by atoms with van der Waals surface area (Å²) in [6.45, 7) is 2.46. The molecule has 1 aromatic carbocycles. The lowest BCUT2D eigenvalue weighted by atomic mass is 10.1. The van der Waals surface area contributed by atoms with Crippen LogP contribution >= 0.6 is 0 Å². The number of nitrogens with zero attached hydrogens (tertiary/aromatic N) is 1. The van der Waals surface area contributed by atoms with Gasteiger partial charge in [0.25, 0.3) is 0 Å². The Morgan fingerprint density at radius 3 is 2.81 bits per heavy atom. The molecular formula is C14H20N2. The highest BCUT2D eigenvalue weighted by atomic mass is 15.1. The van der Waals surface area contributed by atoms with E-state index < -0.39 is 0 Å². The lowest BCUT2D eigenvalue weighted by Gasteiger charge is -2.21. The van der Waals surface area contributed by atoms with Gasteiger partial charge in [0, 0.05) is 24.8 Å². The zero-order valence-electron chi connectivity index (χ0n) is 9.95. The van der Waals surface area contributed by atoms with Crippen LogP contribution < -0.4 is 5.32 Å². The summed E-state index contributed by atoms with van der Waals surface area (Å²) < 4.78 is 0. The monoisotopic (exact) mass is 216 g/mol. The molecule has 2 aliphatic rings. The molecule has 1 saturated carbocycles. The quantitative estimate of drug-likeness (QED) is 0.831. The molecule has 1 atom stereocenters. The van der Waals surface area contributed by atoms with Gasteiger partial charge in [-0.2, -0.15) is 0 Å². The van der Waals surface area contributed by atoms with Crippen LogP contribution in [0.5, 0.6) is 0 Å². The van der Waals surface area contributed by atoms with Gasteiger partial charge < -0.3 is 10.2 Å². The smallest absolute Gasteiger partial charge is 0.0429 e. The van der Waals surface area contributed by atoms with Crippen LogP contribution in [-0.4, -0.2) is 31.1 Å². The number of hydrogen-bond donors (Lipinski definition) is 1. The number of likely N-dealkylation sites (N-methyl/N-ethyl adjacent to an activating group) is 1. The lowest BCUT2D eigenvalue weighted by molar-refractivity contribution is 0.307. The highest BCUT2D eigenvalue weighted by molar-refractivity contribution is 5.56. The summed E-state index contributed by atoms with van der Waals surface area (Å²) in [5, 5.41) is 3.62. The predicted molar refractivity (Wildman–Crippen MR) is 67.8 cm³/mol. The average Bonchev–Trinajstić information content (AvgIpc) is 2.97. The van der Waals surface area contributed by atoms with E-state index in [-0.39, 0.29) is 0 Å². The average molecular weight is 216 g/mol. The van der Waals surface area contributed by atoms with E-state index in [1.54, 1.807) is 0 Å². The molecular weight excluding hydrogens is 196 g/mol. The summed E-state index contributed by atoms with van der Waals surface area (Å²) in [5.74, 6) is 0.994. The Balaban J connectivity index is 1.54. The number of nitrogens with one attached hydrogen (secondary N) is 1. The minimum absolute atomic E-state index is 0.612. The van der Waals surface area contributed by atoms with E-state index in [0.717, 1.165) is 5.92 Å². The second-order valence-electron chi connectivity index (χ2n) is 5.37. The minimum atomic E-state index is 0.612. The molecule has 0 amide bonds. The molecule has 1 heterocycles. The Labute approximate surface area is 97.6 Å². The second-order valence-corrected chi connectivity index (χ2v) is 5.37. The number of rotatable bonds is 4. The summed E-state index contributed by atoms with van der Waals surface area (Å²) in [4.78, 5) is 2.49. The molecule has 2 heteroatoms. The van der Waals surface area contributed by atoms with Crippen molar-refractivity contribution in [2.75, 3.05) is 25.5 Å². The van der Waals surface area contributed by atoms with Crippen LogP contribution in [-0.2, 0) is 6.42 Å². The molecule has 86 valence electrons. The third-order valence-corrected chi connectivity index (χ3v) is 3.64. The largest absolute Gasteiger partial charge is 0.380 e. The Hall–Kier alpha value is -1.02.